The first-order valence-electron chi connectivity index (χ1n) is 5.87. The molecule has 0 heterocycles. The van der Waals surface area contributed by atoms with Crippen LogP contribution in [0.2, 0.25) is 0 Å². The zero-order valence-corrected chi connectivity index (χ0v) is 13.7. The number of hydrogen-bond donors (Lipinski definition) is 0. The summed E-state index contributed by atoms with van der Waals surface area (Å²) in [7, 11) is -3.51. The zero-order chi connectivity index (χ0) is 16.3. The predicted molar refractivity (Wildman–Crippen MR) is 74.6 cm³/mol. The summed E-state index contributed by atoms with van der Waals surface area (Å²) in [5, 5.41) is 0. The van der Waals surface area contributed by atoms with Crippen LogP contribution in [-0.4, -0.2) is 27.4 Å². The molecule has 0 aliphatic rings. The van der Waals surface area contributed by atoms with Crippen molar-refractivity contribution in [2.75, 3.05) is 12.9 Å². The minimum atomic E-state index is -4.42. The van der Waals surface area contributed by atoms with Gasteiger partial charge < -0.3 is 4.74 Å². The molecule has 9 heteroatoms. The van der Waals surface area contributed by atoms with E-state index in [4.69, 9.17) is 4.74 Å². The second kappa shape index (κ2) is 6.97. The van der Waals surface area contributed by atoms with Crippen molar-refractivity contribution in [2.45, 2.75) is 25.6 Å². The van der Waals surface area contributed by atoms with E-state index >= 15 is 0 Å². The van der Waals surface area contributed by atoms with E-state index in [2.05, 4.69) is 20.1 Å². The molecular formula is C12H14BrF3O4S. The number of rotatable bonds is 6. The molecule has 0 amide bonds. The van der Waals surface area contributed by atoms with Crippen molar-refractivity contribution in [3.05, 3.63) is 28.2 Å². The smallest absolute Gasteiger partial charge is 0.416 e. The van der Waals surface area contributed by atoms with Crippen LogP contribution in [0.25, 0.3) is 0 Å². The van der Waals surface area contributed by atoms with Gasteiger partial charge in [-0.15, -0.1) is 0 Å². The monoisotopic (exact) mass is 390 g/mol. The Morgan fingerprint density at radius 2 is 1.95 bits per heavy atom. The maximum Gasteiger partial charge on any atom is 0.416 e. The molecule has 0 saturated carbocycles. The molecule has 21 heavy (non-hydrogen) atoms. The van der Waals surface area contributed by atoms with Crippen molar-refractivity contribution >= 4 is 26.0 Å². The van der Waals surface area contributed by atoms with Gasteiger partial charge in [-0.05, 0) is 41.1 Å². The van der Waals surface area contributed by atoms with E-state index in [1.807, 2.05) is 0 Å². The van der Waals surface area contributed by atoms with Crippen molar-refractivity contribution in [1.82, 2.24) is 0 Å². The fourth-order valence-corrected chi connectivity index (χ4v) is 2.29. The van der Waals surface area contributed by atoms with Gasteiger partial charge in [0.2, 0.25) is 0 Å². The van der Waals surface area contributed by atoms with E-state index in [-0.39, 0.29) is 23.2 Å². The lowest BCUT2D eigenvalue weighted by Gasteiger charge is -2.16. The van der Waals surface area contributed by atoms with Crippen LogP contribution < -0.4 is 4.74 Å². The molecule has 1 rings (SSSR count). The number of hydrogen-bond acceptors (Lipinski definition) is 4. The Balaban J connectivity index is 2.63. The molecule has 0 saturated heterocycles. The summed E-state index contributed by atoms with van der Waals surface area (Å²) >= 11 is 3.02. The SMILES string of the molecule is CC(CCOS(C)(=O)=O)Oc1ccc(C(F)(F)F)cc1Br. The molecule has 0 aliphatic heterocycles. The molecule has 0 aromatic heterocycles. The summed E-state index contributed by atoms with van der Waals surface area (Å²) in [6, 6.07) is 3.05. The van der Waals surface area contributed by atoms with Crippen LogP contribution in [0.3, 0.4) is 0 Å². The van der Waals surface area contributed by atoms with E-state index < -0.39 is 28.0 Å². The normalized spacial score (nSPS) is 14.0. The largest absolute Gasteiger partial charge is 0.489 e. The van der Waals surface area contributed by atoms with Crippen LogP contribution in [0.1, 0.15) is 18.9 Å². The molecule has 0 bridgehead atoms. The average molecular weight is 391 g/mol. The first-order chi connectivity index (χ1) is 9.49. The van der Waals surface area contributed by atoms with Crippen molar-refractivity contribution < 1.29 is 30.5 Å². The first kappa shape index (κ1) is 18.2. The summed E-state index contributed by atoms with van der Waals surface area (Å²) in [6.07, 6.45) is -3.62. The molecule has 120 valence electrons. The number of benzene rings is 1. The Hall–Kier alpha value is -0.800. The van der Waals surface area contributed by atoms with Crippen molar-refractivity contribution in [1.29, 1.82) is 0 Å². The minimum absolute atomic E-state index is 0.0573. The lowest BCUT2D eigenvalue weighted by Crippen LogP contribution is -2.16. The number of alkyl halides is 3. The molecule has 0 radical (unpaired) electrons. The Morgan fingerprint density at radius 3 is 2.43 bits per heavy atom. The highest BCUT2D eigenvalue weighted by Gasteiger charge is 2.31. The molecular weight excluding hydrogens is 377 g/mol. The van der Waals surface area contributed by atoms with E-state index in [1.54, 1.807) is 6.92 Å². The van der Waals surface area contributed by atoms with Gasteiger partial charge in [0, 0.05) is 6.42 Å². The zero-order valence-electron chi connectivity index (χ0n) is 11.3. The molecule has 1 aromatic rings. The Morgan fingerprint density at radius 1 is 1.33 bits per heavy atom. The average Bonchev–Trinajstić information content (AvgIpc) is 2.28. The second-order valence-electron chi connectivity index (χ2n) is 4.39. The molecule has 0 fully saturated rings. The second-order valence-corrected chi connectivity index (χ2v) is 6.88. The van der Waals surface area contributed by atoms with Gasteiger partial charge in [0.05, 0.1) is 29.0 Å². The van der Waals surface area contributed by atoms with Gasteiger partial charge >= 0.3 is 6.18 Å². The van der Waals surface area contributed by atoms with Crippen LogP contribution in [0.15, 0.2) is 22.7 Å². The Labute approximate surface area is 129 Å². The van der Waals surface area contributed by atoms with Gasteiger partial charge in [-0.1, -0.05) is 0 Å². The summed E-state index contributed by atoms with van der Waals surface area (Å²) in [5.41, 5.74) is -0.783. The number of halogens is 4. The molecule has 0 N–H and O–H groups in total. The van der Waals surface area contributed by atoms with Crippen LogP contribution in [-0.2, 0) is 20.5 Å². The fourth-order valence-electron chi connectivity index (χ4n) is 1.41. The third-order valence-electron chi connectivity index (χ3n) is 2.41. The Kier molecular flexibility index (Phi) is 6.06. The minimum Gasteiger partial charge on any atom is -0.489 e. The highest BCUT2D eigenvalue weighted by molar-refractivity contribution is 9.10. The van der Waals surface area contributed by atoms with Gasteiger partial charge in [-0.2, -0.15) is 21.6 Å². The van der Waals surface area contributed by atoms with E-state index in [1.165, 1.54) is 6.07 Å². The maximum absolute atomic E-state index is 12.5. The highest BCUT2D eigenvalue weighted by atomic mass is 79.9. The van der Waals surface area contributed by atoms with E-state index in [9.17, 15) is 21.6 Å². The summed E-state index contributed by atoms with van der Waals surface area (Å²) < 4.78 is 69.3. The van der Waals surface area contributed by atoms with Gasteiger partial charge in [0.1, 0.15) is 5.75 Å². The third kappa shape index (κ3) is 6.66. The molecule has 0 aliphatic carbocycles. The molecule has 4 nitrogen and oxygen atoms in total. The molecule has 0 spiro atoms. The summed E-state index contributed by atoms with van der Waals surface area (Å²) in [5.74, 6) is 0.245. The van der Waals surface area contributed by atoms with Crippen LogP contribution in [0.5, 0.6) is 5.75 Å². The topological polar surface area (TPSA) is 52.6 Å². The lowest BCUT2D eigenvalue weighted by molar-refractivity contribution is -0.137. The van der Waals surface area contributed by atoms with Gasteiger partial charge in [-0.25, -0.2) is 0 Å². The highest BCUT2D eigenvalue weighted by Crippen LogP contribution is 2.35. The van der Waals surface area contributed by atoms with Gasteiger partial charge in [0.25, 0.3) is 10.1 Å². The van der Waals surface area contributed by atoms with Gasteiger partial charge in [0.15, 0.2) is 0 Å². The van der Waals surface area contributed by atoms with E-state index in [0.29, 0.717) is 0 Å². The molecule has 1 aromatic carbocycles. The van der Waals surface area contributed by atoms with E-state index in [0.717, 1.165) is 18.4 Å². The van der Waals surface area contributed by atoms with Crippen molar-refractivity contribution in [3.63, 3.8) is 0 Å². The summed E-state index contributed by atoms with van der Waals surface area (Å²) in [4.78, 5) is 0. The van der Waals surface area contributed by atoms with Crippen LogP contribution >= 0.6 is 15.9 Å². The maximum atomic E-state index is 12.5. The number of ether oxygens (including phenoxy) is 1. The fraction of sp³-hybridized carbons (Fsp3) is 0.500. The van der Waals surface area contributed by atoms with Crippen molar-refractivity contribution in [3.8, 4) is 5.75 Å². The van der Waals surface area contributed by atoms with Crippen LogP contribution in [0.4, 0.5) is 13.2 Å². The van der Waals surface area contributed by atoms with Crippen LogP contribution in [0, 0.1) is 0 Å². The standard InChI is InChI=1S/C12H14BrF3O4S/c1-8(5-6-19-21(2,17)18)20-11-4-3-9(7-10(11)13)12(14,15)16/h3-4,7-8H,5-6H2,1-2H3. The molecule has 1 atom stereocenters. The summed E-state index contributed by atoms with van der Waals surface area (Å²) in [6.45, 7) is 1.61. The lowest BCUT2D eigenvalue weighted by atomic mass is 10.2. The first-order valence-corrected chi connectivity index (χ1v) is 8.48. The Bertz CT molecular complexity index is 587. The van der Waals surface area contributed by atoms with Crippen molar-refractivity contribution in [2.24, 2.45) is 0 Å². The predicted octanol–water partition coefficient (Wildman–Crippen LogP) is 3.60. The van der Waals surface area contributed by atoms with Gasteiger partial charge in [-0.3, -0.25) is 4.18 Å². The quantitative estimate of drug-likeness (QED) is 0.696. The molecule has 1 unspecified atom stereocenters. The third-order valence-corrected chi connectivity index (χ3v) is 3.62.